The largest absolute Gasteiger partial charge is 0.485 e. The third-order valence-corrected chi connectivity index (χ3v) is 7.97. The molecule has 0 bridgehead atoms. The minimum absolute atomic E-state index is 0.0357. The number of aromatic nitrogens is 1. The molecule has 1 saturated carbocycles. The van der Waals surface area contributed by atoms with Crippen molar-refractivity contribution in [3.8, 4) is 5.75 Å². The minimum Gasteiger partial charge on any atom is -0.485 e. The monoisotopic (exact) mass is 516 g/mol. The number of carbonyl (C=O) groups is 1. The van der Waals surface area contributed by atoms with Crippen molar-refractivity contribution < 1.29 is 22.7 Å². The van der Waals surface area contributed by atoms with Gasteiger partial charge in [0.05, 0.1) is 6.54 Å². The fourth-order valence-corrected chi connectivity index (χ4v) is 5.52. The van der Waals surface area contributed by atoms with E-state index in [-0.39, 0.29) is 41.8 Å². The number of likely N-dealkylation sites (tertiary alicyclic amines) is 2. The Bertz CT molecular complexity index is 1100. The van der Waals surface area contributed by atoms with Crippen molar-refractivity contribution in [2.24, 2.45) is 5.92 Å². The maximum Gasteiger partial charge on any atom is 0.236 e. The second kappa shape index (κ2) is 11.4. The van der Waals surface area contributed by atoms with Crippen molar-refractivity contribution >= 4 is 5.91 Å². The highest BCUT2D eigenvalue weighted by molar-refractivity contribution is 5.78. The van der Waals surface area contributed by atoms with Gasteiger partial charge in [-0.3, -0.25) is 9.69 Å². The van der Waals surface area contributed by atoms with Crippen molar-refractivity contribution in [3.63, 3.8) is 0 Å². The summed E-state index contributed by atoms with van der Waals surface area (Å²) in [6.07, 6.45) is 6.10. The summed E-state index contributed by atoms with van der Waals surface area (Å²) >= 11 is 0. The van der Waals surface area contributed by atoms with E-state index >= 15 is 0 Å². The Balaban J connectivity index is 1.13. The fraction of sp³-hybridized carbons (Fsp3) is 0.571. The van der Waals surface area contributed by atoms with Crippen LogP contribution in [0.5, 0.6) is 5.75 Å². The number of halogens is 3. The van der Waals surface area contributed by atoms with Crippen molar-refractivity contribution in [2.45, 2.75) is 63.6 Å². The number of hydrogen-bond donors (Lipinski definition) is 1. The highest BCUT2D eigenvalue weighted by atomic mass is 19.1. The molecule has 6 nitrogen and oxygen atoms in total. The molecule has 5 rings (SSSR count). The van der Waals surface area contributed by atoms with Crippen LogP contribution in [-0.4, -0.2) is 65.5 Å². The number of benzene rings is 1. The normalized spacial score (nSPS) is 23.3. The van der Waals surface area contributed by atoms with E-state index in [4.69, 9.17) is 4.74 Å². The topological polar surface area (TPSA) is 57.7 Å². The molecule has 2 aromatic rings. The zero-order chi connectivity index (χ0) is 25.9. The van der Waals surface area contributed by atoms with E-state index in [1.54, 1.807) is 6.07 Å². The third kappa shape index (κ3) is 6.44. The summed E-state index contributed by atoms with van der Waals surface area (Å²) in [6.45, 7) is 6.02. The molecule has 3 heterocycles. The molecule has 2 atom stereocenters. The molecule has 2 aliphatic heterocycles. The van der Waals surface area contributed by atoms with Crippen LogP contribution in [0.2, 0.25) is 0 Å². The van der Waals surface area contributed by atoms with Crippen LogP contribution >= 0.6 is 0 Å². The van der Waals surface area contributed by atoms with E-state index in [1.807, 2.05) is 4.90 Å². The van der Waals surface area contributed by atoms with Crippen LogP contribution in [0, 0.1) is 23.5 Å². The predicted molar refractivity (Wildman–Crippen MR) is 134 cm³/mol. The second-order valence-electron chi connectivity index (χ2n) is 10.8. The first-order chi connectivity index (χ1) is 17.9. The van der Waals surface area contributed by atoms with Crippen LogP contribution in [0.4, 0.5) is 13.2 Å². The van der Waals surface area contributed by atoms with Crippen molar-refractivity contribution in [3.05, 3.63) is 59.2 Å². The molecule has 0 unspecified atom stereocenters. The number of ether oxygens (including phenoxy) is 1. The van der Waals surface area contributed by atoms with Crippen LogP contribution in [0.1, 0.15) is 56.1 Å². The maximum atomic E-state index is 14.7. The average Bonchev–Trinajstić information content (AvgIpc) is 3.64. The van der Waals surface area contributed by atoms with Gasteiger partial charge in [-0.1, -0.05) is 6.92 Å². The van der Waals surface area contributed by atoms with Crippen LogP contribution in [0.15, 0.2) is 30.5 Å². The van der Waals surface area contributed by atoms with Crippen molar-refractivity contribution in [1.82, 2.24) is 20.1 Å². The first-order valence-electron chi connectivity index (χ1n) is 13.3. The molecule has 1 aliphatic carbocycles. The Morgan fingerprint density at radius 3 is 2.59 bits per heavy atom. The Hall–Kier alpha value is -2.65. The van der Waals surface area contributed by atoms with Gasteiger partial charge in [-0.2, -0.15) is 4.39 Å². The van der Waals surface area contributed by atoms with Crippen LogP contribution < -0.4 is 10.1 Å². The quantitative estimate of drug-likeness (QED) is 0.532. The maximum absolute atomic E-state index is 14.7. The SMILES string of the molecule is CC1CCN(CC(=O)N2CCC(N[C@@H]3C[C@H]3c3cc(F)cc(F)c3OCc3cccnc3F)CC2)CC1. The lowest BCUT2D eigenvalue weighted by Gasteiger charge is -2.35. The summed E-state index contributed by atoms with van der Waals surface area (Å²) < 4.78 is 48.3. The van der Waals surface area contributed by atoms with Crippen LogP contribution in [0.25, 0.3) is 0 Å². The van der Waals surface area contributed by atoms with E-state index in [9.17, 15) is 18.0 Å². The van der Waals surface area contributed by atoms with Crippen LogP contribution in [0.3, 0.4) is 0 Å². The Morgan fingerprint density at radius 1 is 1.11 bits per heavy atom. The van der Waals surface area contributed by atoms with E-state index in [2.05, 4.69) is 22.1 Å². The molecular formula is C28H35F3N4O2. The zero-order valence-corrected chi connectivity index (χ0v) is 21.3. The average molecular weight is 517 g/mol. The molecule has 0 radical (unpaired) electrons. The Morgan fingerprint density at radius 2 is 1.86 bits per heavy atom. The zero-order valence-electron chi connectivity index (χ0n) is 21.3. The van der Waals surface area contributed by atoms with Gasteiger partial charge in [-0.15, -0.1) is 0 Å². The summed E-state index contributed by atoms with van der Waals surface area (Å²) in [5.74, 6) is -1.29. The van der Waals surface area contributed by atoms with Crippen LogP contribution in [-0.2, 0) is 11.4 Å². The molecular weight excluding hydrogens is 481 g/mol. The predicted octanol–water partition coefficient (Wildman–Crippen LogP) is 4.25. The standard InChI is InChI=1S/C28H35F3N4O2/c1-18-4-9-34(10-5-18)16-26(36)35-11-6-21(7-12-35)33-25-15-22(25)23-13-20(29)14-24(30)27(23)37-17-19-3-2-8-32-28(19)31/h2-3,8,13-14,18,21-22,25,33H,4-7,9-12,15-17H2,1H3/t22-,25+/m0/s1. The first-order valence-corrected chi connectivity index (χ1v) is 13.3. The van der Waals surface area contributed by atoms with Gasteiger partial charge in [0.1, 0.15) is 12.4 Å². The number of nitrogens with zero attached hydrogens (tertiary/aromatic N) is 3. The van der Waals surface area contributed by atoms with Crippen molar-refractivity contribution in [2.75, 3.05) is 32.7 Å². The number of nitrogens with one attached hydrogen (secondary N) is 1. The molecule has 1 aromatic carbocycles. The lowest BCUT2D eigenvalue weighted by atomic mass is 9.99. The summed E-state index contributed by atoms with van der Waals surface area (Å²) in [7, 11) is 0. The first kappa shape index (κ1) is 26.0. The number of pyridine rings is 1. The summed E-state index contributed by atoms with van der Waals surface area (Å²) in [5.41, 5.74) is 0.668. The van der Waals surface area contributed by atoms with E-state index in [1.165, 1.54) is 18.3 Å². The van der Waals surface area contributed by atoms with Gasteiger partial charge in [0.25, 0.3) is 0 Å². The van der Waals surface area contributed by atoms with E-state index in [0.717, 1.165) is 70.3 Å². The van der Waals surface area contributed by atoms with Gasteiger partial charge in [-0.25, -0.2) is 13.8 Å². The number of amides is 1. The highest BCUT2D eigenvalue weighted by Crippen LogP contribution is 2.46. The summed E-state index contributed by atoms with van der Waals surface area (Å²) in [6, 6.07) is 5.54. The molecule has 200 valence electrons. The lowest BCUT2D eigenvalue weighted by Crippen LogP contribution is -2.49. The summed E-state index contributed by atoms with van der Waals surface area (Å²) in [4.78, 5) is 20.6. The van der Waals surface area contributed by atoms with Gasteiger partial charge in [0.15, 0.2) is 11.6 Å². The van der Waals surface area contributed by atoms with Gasteiger partial charge < -0.3 is 15.0 Å². The third-order valence-electron chi connectivity index (χ3n) is 7.97. The van der Waals surface area contributed by atoms with Gasteiger partial charge in [0, 0.05) is 54.5 Å². The Kier molecular flexibility index (Phi) is 8.00. The lowest BCUT2D eigenvalue weighted by molar-refractivity contribution is -0.133. The fourth-order valence-electron chi connectivity index (χ4n) is 5.52. The second-order valence-corrected chi connectivity index (χ2v) is 10.8. The molecule has 0 spiro atoms. The number of hydrogen-bond acceptors (Lipinski definition) is 5. The Labute approximate surface area is 216 Å². The van der Waals surface area contributed by atoms with E-state index < -0.39 is 17.6 Å². The van der Waals surface area contributed by atoms with Gasteiger partial charge in [-0.05, 0) is 69.3 Å². The van der Waals surface area contributed by atoms with Gasteiger partial charge in [0.2, 0.25) is 11.9 Å². The number of piperidine rings is 2. The van der Waals surface area contributed by atoms with E-state index in [0.29, 0.717) is 12.1 Å². The van der Waals surface area contributed by atoms with Crippen molar-refractivity contribution in [1.29, 1.82) is 0 Å². The molecule has 1 amide bonds. The number of rotatable bonds is 8. The summed E-state index contributed by atoms with van der Waals surface area (Å²) in [5, 5.41) is 3.62. The molecule has 37 heavy (non-hydrogen) atoms. The molecule has 9 heteroatoms. The molecule has 3 aliphatic rings. The minimum atomic E-state index is -0.792. The molecule has 2 saturated heterocycles. The molecule has 1 N–H and O–H groups in total. The van der Waals surface area contributed by atoms with Gasteiger partial charge >= 0.3 is 0 Å². The molecule has 3 fully saturated rings. The molecule has 1 aromatic heterocycles. The number of carbonyl (C=O) groups excluding carboxylic acids is 1. The smallest absolute Gasteiger partial charge is 0.236 e. The highest BCUT2D eigenvalue weighted by Gasteiger charge is 2.42.